The quantitative estimate of drug-likeness (QED) is 0.504. The second-order valence-electron chi connectivity index (χ2n) is 4.63. The summed E-state index contributed by atoms with van der Waals surface area (Å²) in [4.78, 5) is 0. The van der Waals surface area contributed by atoms with Crippen LogP contribution in [0.15, 0.2) is 47.6 Å². The van der Waals surface area contributed by atoms with Crippen molar-refractivity contribution in [1.29, 1.82) is 0 Å². The van der Waals surface area contributed by atoms with Crippen LogP contribution < -0.4 is 10.7 Å². The Bertz CT molecular complexity index is 683. The van der Waals surface area contributed by atoms with Crippen LogP contribution in [0.5, 0.6) is 0 Å². The molecule has 0 saturated carbocycles. The summed E-state index contributed by atoms with van der Waals surface area (Å²) in [5.74, 6) is 0. The predicted octanol–water partition coefficient (Wildman–Crippen LogP) is 4.28. The first-order chi connectivity index (χ1) is 10.1. The maximum atomic E-state index is 5.91. The Balaban J connectivity index is 1.95. The molecule has 0 heterocycles. The van der Waals surface area contributed by atoms with Crippen LogP contribution in [0, 0.1) is 13.8 Å². The minimum Gasteiger partial charge on any atom is -0.331 e. The lowest BCUT2D eigenvalue weighted by atomic mass is 10.1. The molecule has 21 heavy (non-hydrogen) atoms. The van der Waals surface area contributed by atoms with Gasteiger partial charge in [0, 0.05) is 10.7 Å². The van der Waals surface area contributed by atoms with E-state index in [4.69, 9.17) is 23.8 Å². The Morgan fingerprint density at radius 3 is 2.71 bits per heavy atom. The molecule has 0 aliphatic heterocycles. The van der Waals surface area contributed by atoms with Gasteiger partial charge >= 0.3 is 0 Å². The fourth-order valence-corrected chi connectivity index (χ4v) is 2.15. The van der Waals surface area contributed by atoms with E-state index in [0.29, 0.717) is 10.1 Å². The standard InChI is InChI=1S/C16H16ClN3S/c1-11-5-3-8-15(12(11)2)19-16(21)20-18-10-13-6-4-7-14(17)9-13/h3-10H,1-2H3,(H2,19,20,21)/b18-10-. The topological polar surface area (TPSA) is 36.4 Å². The van der Waals surface area contributed by atoms with Gasteiger partial charge in [0.05, 0.1) is 6.21 Å². The zero-order valence-corrected chi connectivity index (χ0v) is 13.4. The molecule has 5 heteroatoms. The van der Waals surface area contributed by atoms with Crippen LogP contribution in [-0.4, -0.2) is 11.3 Å². The fraction of sp³-hybridized carbons (Fsp3) is 0.125. The van der Waals surface area contributed by atoms with E-state index in [9.17, 15) is 0 Å². The molecule has 0 bridgehead atoms. The summed E-state index contributed by atoms with van der Waals surface area (Å²) in [5, 5.41) is 8.34. The molecule has 0 fully saturated rings. The normalized spacial score (nSPS) is 10.6. The Labute approximate surface area is 135 Å². The lowest BCUT2D eigenvalue weighted by molar-refractivity contribution is 1.05. The van der Waals surface area contributed by atoms with Gasteiger partial charge in [-0.15, -0.1) is 0 Å². The van der Waals surface area contributed by atoms with Crippen molar-refractivity contribution < 1.29 is 0 Å². The van der Waals surface area contributed by atoms with Crippen molar-refractivity contribution in [3.63, 3.8) is 0 Å². The molecule has 108 valence electrons. The molecule has 0 aromatic heterocycles. The third-order valence-electron chi connectivity index (χ3n) is 3.08. The number of nitrogens with zero attached hydrogens (tertiary/aromatic N) is 1. The van der Waals surface area contributed by atoms with Gasteiger partial charge < -0.3 is 5.32 Å². The molecule has 2 aromatic rings. The smallest absolute Gasteiger partial charge is 0.191 e. The van der Waals surface area contributed by atoms with Crippen LogP contribution in [0.2, 0.25) is 5.02 Å². The Morgan fingerprint density at radius 2 is 1.95 bits per heavy atom. The molecule has 2 N–H and O–H groups in total. The second kappa shape index (κ2) is 7.20. The summed E-state index contributed by atoms with van der Waals surface area (Å²) in [6, 6.07) is 13.5. The van der Waals surface area contributed by atoms with Gasteiger partial charge in [-0.05, 0) is 61.0 Å². The average Bonchev–Trinajstić information content (AvgIpc) is 2.44. The van der Waals surface area contributed by atoms with Gasteiger partial charge in [0.1, 0.15) is 0 Å². The zero-order chi connectivity index (χ0) is 15.2. The van der Waals surface area contributed by atoms with Gasteiger partial charge in [0.15, 0.2) is 5.11 Å². The summed E-state index contributed by atoms with van der Waals surface area (Å²) in [6.07, 6.45) is 1.67. The largest absolute Gasteiger partial charge is 0.331 e. The highest BCUT2D eigenvalue weighted by Crippen LogP contribution is 2.17. The summed E-state index contributed by atoms with van der Waals surface area (Å²) in [5.41, 5.74) is 7.06. The first-order valence-electron chi connectivity index (χ1n) is 6.48. The molecule has 3 nitrogen and oxygen atoms in total. The number of hydrogen-bond donors (Lipinski definition) is 2. The lowest BCUT2D eigenvalue weighted by Gasteiger charge is -2.11. The van der Waals surface area contributed by atoms with Crippen LogP contribution in [0.25, 0.3) is 0 Å². The van der Waals surface area contributed by atoms with E-state index in [1.54, 1.807) is 6.21 Å². The van der Waals surface area contributed by atoms with Crippen LogP contribution in [0.3, 0.4) is 0 Å². The van der Waals surface area contributed by atoms with Gasteiger partial charge in [0.25, 0.3) is 0 Å². The van der Waals surface area contributed by atoms with Crippen molar-refractivity contribution in [3.05, 3.63) is 64.2 Å². The summed E-state index contributed by atoms with van der Waals surface area (Å²) in [6.45, 7) is 4.11. The molecule has 0 saturated heterocycles. The van der Waals surface area contributed by atoms with Crippen molar-refractivity contribution in [3.8, 4) is 0 Å². The molecule has 0 unspecified atom stereocenters. The molecule has 0 radical (unpaired) electrons. The van der Waals surface area contributed by atoms with E-state index in [2.05, 4.69) is 35.8 Å². The summed E-state index contributed by atoms with van der Waals surface area (Å²) in [7, 11) is 0. The number of hydrogen-bond acceptors (Lipinski definition) is 2. The molecule has 2 aromatic carbocycles. The first kappa shape index (κ1) is 15.5. The van der Waals surface area contributed by atoms with E-state index >= 15 is 0 Å². The third kappa shape index (κ3) is 4.55. The van der Waals surface area contributed by atoms with E-state index in [1.165, 1.54) is 11.1 Å². The van der Waals surface area contributed by atoms with E-state index in [1.807, 2.05) is 36.4 Å². The number of thiocarbonyl (C=S) groups is 1. The molecule has 0 amide bonds. The lowest BCUT2D eigenvalue weighted by Crippen LogP contribution is -2.24. The monoisotopic (exact) mass is 317 g/mol. The molecule has 0 spiro atoms. The highest BCUT2D eigenvalue weighted by Gasteiger charge is 2.01. The highest BCUT2D eigenvalue weighted by atomic mass is 35.5. The molecule has 0 aliphatic carbocycles. The van der Waals surface area contributed by atoms with Crippen LogP contribution in [0.4, 0.5) is 5.69 Å². The van der Waals surface area contributed by atoms with Gasteiger partial charge in [-0.1, -0.05) is 35.9 Å². The Morgan fingerprint density at radius 1 is 1.19 bits per heavy atom. The molecule has 0 aliphatic rings. The van der Waals surface area contributed by atoms with Crippen molar-refractivity contribution in [2.45, 2.75) is 13.8 Å². The minimum atomic E-state index is 0.446. The third-order valence-corrected chi connectivity index (χ3v) is 3.51. The Kier molecular flexibility index (Phi) is 5.31. The van der Waals surface area contributed by atoms with Crippen molar-refractivity contribution >= 4 is 40.8 Å². The van der Waals surface area contributed by atoms with Crippen molar-refractivity contribution in [1.82, 2.24) is 5.43 Å². The summed E-state index contributed by atoms with van der Waals surface area (Å²) < 4.78 is 0. The number of nitrogens with one attached hydrogen (secondary N) is 2. The van der Waals surface area contributed by atoms with Crippen LogP contribution in [-0.2, 0) is 0 Å². The molecular formula is C16H16ClN3S. The van der Waals surface area contributed by atoms with Crippen molar-refractivity contribution in [2.24, 2.45) is 5.10 Å². The number of benzene rings is 2. The highest BCUT2D eigenvalue weighted by molar-refractivity contribution is 7.80. The number of aryl methyl sites for hydroxylation is 1. The predicted molar refractivity (Wildman–Crippen MR) is 94.3 cm³/mol. The fourth-order valence-electron chi connectivity index (χ4n) is 1.79. The number of rotatable bonds is 3. The SMILES string of the molecule is Cc1cccc(NC(=S)N/N=C\c2cccc(Cl)c2)c1C. The maximum Gasteiger partial charge on any atom is 0.191 e. The zero-order valence-electron chi connectivity index (χ0n) is 11.9. The first-order valence-corrected chi connectivity index (χ1v) is 7.27. The molecule has 0 atom stereocenters. The molecular weight excluding hydrogens is 302 g/mol. The van der Waals surface area contributed by atoms with E-state index in [0.717, 1.165) is 11.3 Å². The summed E-state index contributed by atoms with van der Waals surface area (Å²) >= 11 is 11.1. The second-order valence-corrected chi connectivity index (χ2v) is 5.47. The van der Waals surface area contributed by atoms with Gasteiger partial charge in [-0.3, -0.25) is 5.43 Å². The van der Waals surface area contributed by atoms with Gasteiger partial charge in [-0.2, -0.15) is 5.10 Å². The molecule has 2 rings (SSSR count). The van der Waals surface area contributed by atoms with E-state index in [-0.39, 0.29) is 0 Å². The average molecular weight is 318 g/mol. The van der Waals surface area contributed by atoms with Crippen LogP contribution in [0.1, 0.15) is 16.7 Å². The van der Waals surface area contributed by atoms with Crippen LogP contribution >= 0.6 is 23.8 Å². The maximum absolute atomic E-state index is 5.91. The number of anilines is 1. The minimum absolute atomic E-state index is 0.446. The van der Waals surface area contributed by atoms with Crippen molar-refractivity contribution in [2.75, 3.05) is 5.32 Å². The van der Waals surface area contributed by atoms with E-state index < -0.39 is 0 Å². The van der Waals surface area contributed by atoms with Gasteiger partial charge in [0.2, 0.25) is 0 Å². The Hall–Kier alpha value is -1.91. The number of hydrazone groups is 1. The van der Waals surface area contributed by atoms with Gasteiger partial charge in [-0.25, -0.2) is 0 Å². The number of halogens is 1.